The summed E-state index contributed by atoms with van der Waals surface area (Å²) in [6.45, 7) is 0.601. The highest BCUT2D eigenvalue weighted by Gasteiger charge is 2.47. The summed E-state index contributed by atoms with van der Waals surface area (Å²) >= 11 is 6.21. The smallest absolute Gasteiger partial charge is 0.394 e. The summed E-state index contributed by atoms with van der Waals surface area (Å²) < 4.78 is 39.0. The fourth-order valence-corrected chi connectivity index (χ4v) is 4.90. The van der Waals surface area contributed by atoms with Gasteiger partial charge in [0, 0.05) is 23.9 Å². The number of hydrogen-bond donors (Lipinski definition) is 5. The molecule has 146 valence electrons. The number of halogens is 4. The quantitative estimate of drug-likeness (QED) is 0.473. The molecule has 0 aromatic rings. The van der Waals surface area contributed by atoms with Crippen molar-refractivity contribution in [3.63, 3.8) is 0 Å². The first-order valence-electron chi connectivity index (χ1n) is 9.19. The van der Waals surface area contributed by atoms with E-state index in [1.54, 1.807) is 0 Å². The second-order valence-electron chi connectivity index (χ2n) is 7.57. The van der Waals surface area contributed by atoms with E-state index in [2.05, 4.69) is 21.5 Å². The van der Waals surface area contributed by atoms with Crippen LogP contribution in [0.3, 0.4) is 0 Å². The van der Waals surface area contributed by atoms with E-state index in [1.807, 2.05) is 0 Å². The molecule has 25 heavy (non-hydrogen) atoms. The van der Waals surface area contributed by atoms with E-state index >= 15 is 0 Å². The largest absolute Gasteiger partial charge is 0.406 e. The summed E-state index contributed by atoms with van der Waals surface area (Å²) in [5.74, 6) is 0.861. The first-order chi connectivity index (χ1) is 11.9. The van der Waals surface area contributed by atoms with Crippen LogP contribution in [0.4, 0.5) is 13.2 Å². The highest BCUT2D eigenvalue weighted by molar-refractivity contribution is 6.20. The summed E-state index contributed by atoms with van der Waals surface area (Å²) in [5.41, 5.74) is 6.37. The minimum Gasteiger partial charge on any atom is -0.394 e. The second-order valence-corrected chi connectivity index (χ2v) is 8.19. The molecule has 0 bridgehead atoms. The van der Waals surface area contributed by atoms with Crippen molar-refractivity contribution in [3.05, 3.63) is 0 Å². The molecule has 0 aromatic carbocycles. The van der Waals surface area contributed by atoms with Crippen LogP contribution in [-0.4, -0.2) is 54.6 Å². The molecule has 5 N–H and O–H groups in total. The molecule has 9 heteroatoms. The molecule has 1 saturated carbocycles. The number of aliphatic hydroxyl groups is 1. The van der Waals surface area contributed by atoms with Crippen LogP contribution in [-0.2, 0) is 0 Å². The predicted octanol–water partition coefficient (Wildman–Crippen LogP) is 1.32. The van der Waals surface area contributed by atoms with Crippen molar-refractivity contribution >= 4 is 11.6 Å². The lowest BCUT2D eigenvalue weighted by Gasteiger charge is -2.51. The molecule has 0 amide bonds. The van der Waals surface area contributed by atoms with Gasteiger partial charge in [0.1, 0.15) is 6.04 Å². The summed E-state index contributed by atoms with van der Waals surface area (Å²) in [7, 11) is 0. The first kappa shape index (κ1) is 19.6. The average molecular weight is 385 g/mol. The Labute approximate surface area is 151 Å². The van der Waals surface area contributed by atoms with Gasteiger partial charge in [0.2, 0.25) is 0 Å². The lowest BCUT2D eigenvalue weighted by atomic mass is 9.70. The molecule has 2 heterocycles. The zero-order valence-corrected chi connectivity index (χ0v) is 14.9. The third-order valence-electron chi connectivity index (χ3n) is 6.05. The number of alkyl halides is 4. The van der Waals surface area contributed by atoms with Crippen LogP contribution in [0.5, 0.6) is 0 Å². The van der Waals surface area contributed by atoms with Gasteiger partial charge in [0.15, 0.2) is 0 Å². The molecule has 1 aliphatic carbocycles. The Morgan fingerprint density at radius 2 is 1.80 bits per heavy atom. The van der Waals surface area contributed by atoms with Crippen LogP contribution in [0.25, 0.3) is 0 Å². The third kappa shape index (κ3) is 4.59. The molecule has 0 aromatic heterocycles. The fraction of sp³-hybridized carbons (Fsp3) is 1.00. The molecule has 5 nitrogen and oxygen atoms in total. The molecule has 5 atom stereocenters. The van der Waals surface area contributed by atoms with E-state index in [9.17, 15) is 13.2 Å². The van der Waals surface area contributed by atoms with Gasteiger partial charge in [-0.25, -0.2) is 5.43 Å². The van der Waals surface area contributed by atoms with E-state index in [1.165, 1.54) is 0 Å². The van der Waals surface area contributed by atoms with Gasteiger partial charge in [-0.1, -0.05) is 0 Å². The SMILES string of the molecule is OC[C@@H](NC1NNC(C2CCC(Cl)CC2)C2CCNCC12)C(F)(F)F. The Kier molecular flexibility index (Phi) is 6.50. The highest BCUT2D eigenvalue weighted by Crippen LogP contribution is 2.38. The number of hydrogen-bond acceptors (Lipinski definition) is 5. The van der Waals surface area contributed by atoms with Crippen LogP contribution in [0.2, 0.25) is 0 Å². The maximum atomic E-state index is 13.0. The van der Waals surface area contributed by atoms with Crippen LogP contribution >= 0.6 is 11.6 Å². The molecule has 0 radical (unpaired) electrons. The number of nitrogens with one attached hydrogen (secondary N) is 4. The highest BCUT2D eigenvalue weighted by atomic mass is 35.5. The van der Waals surface area contributed by atoms with Crippen molar-refractivity contribution in [2.75, 3.05) is 19.7 Å². The Morgan fingerprint density at radius 1 is 1.08 bits per heavy atom. The summed E-state index contributed by atoms with van der Waals surface area (Å²) in [6, 6.07) is -1.66. The summed E-state index contributed by atoms with van der Waals surface area (Å²) in [6.07, 6.45) is 0.0681. The van der Waals surface area contributed by atoms with Gasteiger partial charge in [0.25, 0.3) is 0 Å². The third-order valence-corrected chi connectivity index (χ3v) is 6.48. The van der Waals surface area contributed by atoms with E-state index in [4.69, 9.17) is 16.7 Å². The molecular weight excluding hydrogens is 357 g/mol. The molecular formula is C16H28ClF3N4O. The molecule has 2 saturated heterocycles. The van der Waals surface area contributed by atoms with Gasteiger partial charge in [-0.05, 0) is 50.5 Å². The Morgan fingerprint density at radius 3 is 2.44 bits per heavy atom. The molecule has 3 rings (SSSR count). The minimum atomic E-state index is -4.47. The van der Waals surface area contributed by atoms with Crippen LogP contribution < -0.4 is 21.5 Å². The standard InChI is InChI=1S/C16H28ClF3N4O/c17-10-3-1-9(2-4-10)14-11-5-6-21-7-12(11)15(24-23-14)22-13(8-25)16(18,19)20/h9-15,21-25H,1-8H2/t9?,10?,11?,12?,13-,14?,15?/m1/s1. The van der Waals surface area contributed by atoms with Gasteiger partial charge in [0.05, 0.1) is 12.8 Å². The molecule has 4 unspecified atom stereocenters. The Balaban J connectivity index is 1.67. The van der Waals surface area contributed by atoms with Crippen molar-refractivity contribution in [3.8, 4) is 0 Å². The van der Waals surface area contributed by atoms with E-state index < -0.39 is 25.0 Å². The number of hydrazine groups is 1. The van der Waals surface area contributed by atoms with Gasteiger partial charge in [-0.3, -0.25) is 10.7 Å². The van der Waals surface area contributed by atoms with Gasteiger partial charge < -0.3 is 10.4 Å². The Bertz CT molecular complexity index is 434. The fourth-order valence-electron chi connectivity index (χ4n) is 4.65. The monoisotopic (exact) mass is 384 g/mol. The zero-order valence-electron chi connectivity index (χ0n) is 14.2. The van der Waals surface area contributed by atoms with Gasteiger partial charge in [-0.15, -0.1) is 11.6 Å². The molecule has 3 fully saturated rings. The maximum Gasteiger partial charge on any atom is 0.406 e. The number of aliphatic hydroxyl groups excluding tert-OH is 1. The normalized spacial score (nSPS) is 41.2. The molecule has 0 spiro atoms. The maximum absolute atomic E-state index is 13.0. The van der Waals surface area contributed by atoms with Crippen molar-refractivity contribution in [2.24, 2.45) is 17.8 Å². The number of fused-ring (bicyclic) bond motifs is 1. The predicted molar refractivity (Wildman–Crippen MR) is 90.0 cm³/mol. The summed E-state index contributed by atoms with van der Waals surface area (Å²) in [4.78, 5) is 0. The molecule has 2 aliphatic heterocycles. The Hall–Kier alpha value is -0.120. The number of rotatable bonds is 4. The van der Waals surface area contributed by atoms with Crippen LogP contribution in [0.1, 0.15) is 32.1 Å². The van der Waals surface area contributed by atoms with Crippen LogP contribution in [0.15, 0.2) is 0 Å². The van der Waals surface area contributed by atoms with Crippen molar-refractivity contribution in [1.82, 2.24) is 21.5 Å². The van der Waals surface area contributed by atoms with E-state index in [0.29, 0.717) is 18.4 Å². The zero-order chi connectivity index (χ0) is 18.0. The summed E-state index contributed by atoms with van der Waals surface area (Å²) in [5, 5.41) is 15.2. The van der Waals surface area contributed by atoms with Crippen molar-refractivity contribution in [2.45, 2.75) is 61.9 Å². The second kappa shape index (κ2) is 8.27. The topological polar surface area (TPSA) is 68.3 Å². The first-order valence-corrected chi connectivity index (χ1v) is 9.63. The molecule has 3 aliphatic rings. The minimum absolute atomic E-state index is 0.0464. The average Bonchev–Trinajstić information content (AvgIpc) is 2.59. The van der Waals surface area contributed by atoms with Gasteiger partial charge in [-0.2, -0.15) is 13.2 Å². The van der Waals surface area contributed by atoms with Crippen molar-refractivity contribution in [1.29, 1.82) is 0 Å². The lowest BCUT2D eigenvalue weighted by molar-refractivity contribution is -0.169. The van der Waals surface area contributed by atoms with Crippen molar-refractivity contribution < 1.29 is 18.3 Å². The van der Waals surface area contributed by atoms with Crippen LogP contribution in [0, 0.1) is 17.8 Å². The van der Waals surface area contributed by atoms with E-state index in [-0.39, 0.29) is 17.3 Å². The lowest BCUT2D eigenvalue weighted by Crippen LogP contribution is -2.72. The van der Waals surface area contributed by atoms with Gasteiger partial charge >= 0.3 is 6.18 Å². The van der Waals surface area contributed by atoms with E-state index in [0.717, 1.165) is 38.6 Å². The number of piperidine rings is 1.